The van der Waals surface area contributed by atoms with E-state index >= 15 is 0 Å². The second-order valence-electron chi connectivity index (χ2n) is 6.55. The number of nitrogens with zero attached hydrogens (tertiary/aromatic N) is 1. The summed E-state index contributed by atoms with van der Waals surface area (Å²) in [6.45, 7) is 5.72. The van der Waals surface area contributed by atoms with Crippen LogP contribution in [0.15, 0.2) is 30.3 Å². The van der Waals surface area contributed by atoms with Gasteiger partial charge in [-0.1, -0.05) is 42.1 Å². The molecule has 2 saturated heterocycles. The van der Waals surface area contributed by atoms with Gasteiger partial charge in [-0.2, -0.15) is 0 Å². The van der Waals surface area contributed by atoms with E-state index in [0.29, 0.717) is 11.3 Å². The molecule has 4 heteroatoms. The highest BCUT2D eigenvalue weighted by Crippen LogP contribution is 2.29. The van der Waals surface area contributed by atoms with E-state index < -0.39 is 0 Å². The number of nitrogens with one attached hydrogen (secondary N) is 1. The van der Waals surface area contributed by atoms with Crippen molar-refractivity contribution in [3.63, 3.8) is 0 Å². The smallest absolute Gasteiger partial charge is 0.279 e. The Kier molecular flexibility index (Phi) is 5.42. The van der Waals surface area contributed by atoms with E-state index in [1.165, 1.54) is 56.2 Å². The van der Waals surface area contributed by atoms with Gasteiger partial charge in [-0.05, 0) is 63.7 Å². The van der Waals surface area contributed by atoms with E-state index in [-0.39, 0.29) is 5.24 Å². The minimum absolute atomic E-state index is 0.154. The molecule has 120 valence electrons. The normalized spacial score (nSPS) is 27.0. The molecule has 0 radical (unpaired) electrons. The molecule has 0 aromatic heterocycles. The molecule has 1 aromatic carbocycles. The van der Waals surface area contributed by atoms with Gasteiger partial charge in [-0.15, -0.1) is 0 Å². The number of carbonyl (C=O) groups excluding carboxylic acids is 1. The molecule has 2 aliphatic rings. The number of thioether (sulfide) groups is 1. The third kappa shape index (κ3) is 4.05. The van der Waals surface area contributed by atoms with Gasteiger partial charge in [0.25, 0.3) is 5.24 Å². The first kappa shape index (κ1) is 15.9. The highest BCUT2D eigenvalue weighted by Gasteiger charge is 2.29. The lowest BCUT2D eigenvalue weighted by molar-refractivity contribution is 0.208. The lowest BCUT2D eigenvalue weighted by Crippen LogP contribution is -2.34. The summed E-state index contributed by atoms with van der Waals surface area (Å²) >= 11 is 1.49. The molecule has 1 N–H and O–H groups in total. The summed E-state index contributed by atoms with van der Waals surface area (Å²) in [5.41, 5.74) is 1.50. The fourth-order valence-electron chi connectivity index (χ4n) is 3.59. The molecule has 22 heavy (non-hydrogen) atoms. The first-order chi connectivity index (χ1) is 10.7. The number of likely N-dealkylation sites (tertiary alicyclic amines) is 1. The highest BCUT2D eigenvalue weighted by atomic mass is 32.2. The lowest BCUT2D eigenvalue weighted by Gasteiger charge is -2.32. The van der Waals surface area contributed by atoms with E-state index in [9.17, 15) is 4.79 Å². The quantitative estimate of drug-likeness (QED) is 0.895. The van der Waals surface area contributed by atoms with Gasteiger partial charge in [0.05, 0.1) is 0 Å². The van der Waals surface area contributed by atoms with E-state index in [2.05, 4.69) is 47.5 Å². The third-order valence-electron chi connectivity index (χ3n) is 4.98. The predicted molar refractivity (Wildman–Crippen MR) is 93.5 cm³/mol. The van der Waals surface area contributed by atoms with E-state index in [4.69, 9.17) is 0 Å². The van der Waals surface area contributed by atoms with Crippen LogP contribution >= 0.6 is 11.8 Å². The minimum Gasteiger partial charge on any atom is -0.343 e. The highest BCUT2D eigenvalue weighted by molar-refractivity contribution is 8.14. The number of rotatable bonds is 5. The van der Waals surface area contributed by atoms with Crippen LogP contribution in [0.5, 0.6) is 0 Å². The number of carbonyl (C=O) groups is 1. The molecule has 2 aliphatic heterocycles. The van der Waals surface area contributed by atoms with Crippen molar-refractivity contribution in [1.82, 2.24) is 10.2 Å². The largest absolute Gasteiger partial charge is 0.343 e. The summed E-state index contributed by atoms with van der Waals surface area (Å²) in [6, 6.07) is 11.3. The molecule has 2 heterocycles. The second kappa shape index (κ2) is 7.51. The summed E-state index contributed by atoms with van der Waals surface area (Å²) in [5, 5.41) is 3.61. The topological polar surface area (TPSA) is 32.3 Å². The summed E-state index contributed by atoms with van der Waals surface area (Å²) in [6.07, 6.45) is 4.90. The molecule has 3 rings (SSSR count). The van der Waals surface area contributed by atoms with Crippen molar-refractivity contribution in [1.29, 1.82) is 0 Å². The van der Waals surface area contributed by atoms with Gasteiger partial charge in [0.15, 0.2) is 0 Å². The van der Waals surface area contributed by atoms with Crippen molar-refractivity contribution < 1.29 is 4.79 Å². The number of hydrogen-bond acceptors (Lipinski definition) is 3. The average Bonchev–Trinajstić information content (AvgIpc) is 2.87. The van der Waals surface area contributed by atoms with Crippen molar-refractivity contribution in [2.24, 2.45) is 0 Å². The molecule has 2 atom stereocenters. The third-order valence-corrected chi connectivity index (χ3v) is 6.26. The molecule has 0 bridgehead atoms. The zero-order valence-corrected chi connectivity index (χ0v) is 14.1. The van der Waals surface area contributed by atoms with E-state index in [0.717, 1.165) is 12.3 Å². The van der Waals surface area contributed by atoms with Crippen LogP contribution in [0.3, 0.4) is 0 Å². The number of amides is 1. The molecule has 0 saturated carbocycles. The molecular weight excluding hydrogens is 292 g/mol. The van der Waals surface area contributed by atoms with Crippen LogP contribution in [-0.2, 0) is 0 Å². The zero-order valence-electron chi connectivity index (χ0n) is 13.3. The summed E-state index contributed by atoms with van der Waals surface area (Å²) in [4.78, 5) is 13.9. The monoisotopic (exact) mass is 318 g/mol. The summed E-state index contributed by atoms with van der Waals surface area (Å²) in [7, 11) is 0. The molecule has 2 unspecified atom stereocenters. The summed E-state index contributed by atoms with van der Waals surface area (Å²) < 4.78 is 0. The van der Waals surface area contributed by atoms with Gasteiger partial charge in [-0.3, -0.25) is 4.79 Å². The van der Waals surface area contributed by atoms with Crippen molar-refractivity contribution in [2.75, 3.05) is 19.6 Å². The number of piperidine rings is 1. The molecule has 3 nitrogen and oxygen atoms in total. The van der Waals surface area contributed by atoms with Crippen LogP contribution < -0.4 is 5.32 Å². The first-order valence-corrected chi connectivity index (χ1v) is 9.35. The number of hydrogen-bond donors (Lipinski definition) is 1. The van der Waals surface area contributed by atoms with Crippen molar-refractivity contribution in [3.8, 4) is 0 Å². The van der Waals surface area contributed by atoms with Gasteiger partial charge in [0.2, 0.25) is 0 Å². The Balaban J connectivity index is 1.37. The fourth-order valence-corrected chi connectivity index (χ4v) is 4.68. The van der Waals surface area contributed by atoms with Gasteiger partial charge in [0.1, 0.15) is 0 Å². The summed E-state index contributed by atoms with van der Waals surface area (Å²) in [5.74, 6) is 0.740. The van der Waals surface area contributed by atoms with Crippen LogP contribution in [0, 0.1) is 0 Å². The van der Waals surface area contributed by atoms with Crippen LogP contribution in [-0.4, -0.2) is 41.1 Å². The maximum absolute atomic E-state index is 11.3. The fraction of sp³-hybridized carbons (Fsp3) is 0.611. The molecule has 1 amide bonds. The Hall–Kier alpha value is -1.00. The second-order valence-corrected chi connectivity index (χ2v) is 7.76. The molecule has 0 spiro atoms. The van der Waals surface area contributed by atoms with Gasteiger partial charge < -0.3 is 10.2 Å². The van der Waals surface area contributed by atoms with Crippen molar-refractivity contribution in [2.45, 2.75) is 49.8 Å². The van der Waals surface area contributed by atoms with E-state index in [1.807, 2.05) is 0 Å². The Morgan fingerprint density at radius 2 is 1.95 bits per heavy atom. The Morgan fingerprint density at radius 1 is 1.23 bits per heavy atom. The average molecular weight is 318 g/mol. The minimum atomic E-state index is 0.154. The van der Waals surface area contributed by atoms with Crippen LogP contribution in [0.1, 0.15) is 44.1 Å². The van der Waals surface area contributed by atoms with Crippen molar-refractivity contribution >= 4 is 17.0 Å². The van der Waals surface area contributed by atoms with E-state index in [1.54, 1.807) is 0 Å². The first-order valence-electron chi connectivity index (χ1n) is 8.47. The van der Waals surface area contributed by atoms with Crippen LogP contribution in [0.4, 0.5) is 4.79 Å². The van der Waals surface area contributed by atoms with Crippen LogP contribution in [0.25, 0.3) is 0 Å². The SMILES string of the molecule is CC1NC(=O)SC1CCCN1CCC(c2ccccc2)CC1. The molecule has 2 fully saturated rings. The van der Waals surface area contributed by atoms with Gasteiger partial charge >= 0.3 is 0 Å². The maximum Gasteiger partial charge on any atom is 0.279 e. The maximum atomic E-state index is 11.3. The number of benzene rings is 1. The zero-order chi connectivity index (χ0) is 15.4. The Morgan fingerprint density at radius 3 is 2.59 bits per heavy atom. The lowest BCUT2D eigenvalue weighted by atomic mass is 9.89. The molecular formula is C18H26N2OS. The van der Waals surface area contributed by atoms with Gasteiger partial charge in [0, 0.05) is 11.3 Å². The molecule has 1 aromatic rings. The standard InChI is InChI=1S/C18H26N2OS/c1-14-17(22-18(21)19-14)8-5-11-20-12-9-16(10-13-20)15-6-3-2-4-7-15/h2-4,6-7,14,16-17H,5,8-13H2,1H3,(H,19,21). The Bertz CT molecular complexity index is 485. The van der Waals surface area contributed by atoms with Crippen LogP contribution in [0.2, 0.25) is 0 Å². The Labute approximate surface area is 137 Å². The van der Waals surface area contributed by atoms with Gasteiger partial charge in [-0.25, -0.2) is 0 Å². The molecule has 0 aliphatic carbocycles. The predicted octanol–water partition coefficient (Wildman–Crippen LogP) is 3.86. The van der Waals surface area contributed by atoms with Crippen molar-refractivity contribution in [3.05, 3.63) is 35.9 Å².